The first-order valence-electron chi connectivity index (χ1n) is 24.9. The van der Waals surface area contributed by atoms with E-state index in [-0.39, 0.29) is 25.9 Å². The summed E-state index contributed by atoms with van der Waals surface area (Å²) in [6, 6.07) is 0. The molecule has 0 radical (unpaired) electrons. The van der Waals surface area contributed by atoms with E-state index in [1.54, 1.807) is 0 Å². The Balaban J connectivity index is 4.71. The minimum atomic E-state index is -4.73. The van der Waals surface area contributed by atoms with E-state index < -0.39 is 57.8 Å². The first kappa shape index (κ1) is 59.7. The van der Waals surface area contributed by atoms with Crippen LogP contribution < -0.4 is 0 Å². The Labute approximate surface area is 378 Å². The second-order valence-corrected chi connectivity index (χ2v) is 18.1. The molecule has 0 bridgehead atoms. The van der Waals surface area contributed by atoms with Crippen molar-refractivity contribution in [3.8, 4) is 0 Å². The molecule has 0 aliphatic carbocycles. The molecule has 0 saturated heterocycles. The van der Waals surface area contributed by atoms with Gasteiger partial charge in [0, 0.05) is 19.3 Å². The van der Waals surface area contributed by atoms with Gasteiger partial charge in [0.25, 0.3) is 0 Å². The smallest absolute Gasteiger partial charge is 0.462 e. The van der Waals surface area contributed by atoms with Crippen LogP contribution >= 0.6 is 7.82 Å². The standard InChI is InChI=1S/C50H91O11P/c1-4-7-10-13-16-19-20-21-22-23-24-25-26-29-32-35-38-41-50(54)61-47(43-57-48(52)39-36-33-30-27-17-14-11-8-5-2)45-59-62(55,56)58-44-46(42-51)60-49(53)40-37-34-31-28-18-15-12-9-6-3/h7,10,16,19,21-22,46-47,51H,4-6,8-9,11-15,17-18,20,23-45H2,1-3H3,(H,55,56)/b10-7-,19-16-,22-21-. The number of hydrogen-bond acceptors (Lipinski definition) is 10. The first-order chi connectivity index (χ1) is 30.2. The zero-order chi connectivity index (χ0) is 45.6. The molecule has 0 aromatic rings. The van der Waals surface area contributed by atoms with Crippen molar-refractivity contribution >= 4 is 25.7 Å². The molecule has 3 unspecified atom stereocenters. The number of phosphoric ester groups is 1. The number of rotatable bonds is 46. The van der Waals surface area contributed by atoms with Crippen LogP contribution in [0.25, 0.3) is 0 Å². The van der Waals surface area contributed by atoms with Crippen LogP contribution in [-0.4, -0.2) is 66.5 Å². The summed E-state index contributed by atoms with van der Waals surface area (Å²) in [4.78, 5) is 48.1. The summed E-state index contributed by atoms with van der Waals surface area (Å²) in [7, 11) is -4.73. The van der Waals surface area contributed by atoms with Crippen LogP contribution in [0.4, 0.5) is 0 Å². The van der Waals surface area contributed by atoms with Crippen LogP contribution in [0.3, 0.4) is 0 Å². The second kappa shape index (κ2) is 45.3. The van der Waals surface area contributed by atoms with E-state index in [9.17, 15) is 28.9 Å². The zero-order valence-corrected chi connectivity index (χ0v) is 40.5. The van der Waals surface area contributed by atoms with Gasteiger partial charge in [0.1, 0.15) is 12.7 Å². The molecule has 362 valence electrons. The van der Waals surface area contributed by atoms with Gasteiger partial charge in [0.05, 0.1) is 19.8 Å². The van der Waals surface area contributed by atoms with Gasteiger partial charge in [-0.3, -0.25) is 23.4 Å². The van der Waals surface area contributed by atoms with Crippen LogP contribution in [0.1, 0.15) is 226 Å². The maximum atomic E-state index is 12.8. The van der Waals surface area contributed by atoms with Gasteiger partial charge in [-0.05, 0) is 51.4 Å². The molecule has 0 amide bonds. The largest absolute Gasteiger partial charge is 0.472 e. The molecule has 0 spiro atoms. The Kier molecular flexibility index (Phi) is 43.6. The predicted molar refractivity (Wildman–Crippen MR) is 252 cm³/mol. The van der Waals surface area contributed by atoms with E-state index in [2.05, 4.69) is 57.2 Å². The van der Waals surface area contributed by atoms with Crippen LogP contribution in [-0.2, 0) is 42.2 Å². The van der Waals surface area contributed by atoms with E-state index >= 15 is 0 Å². The third-order valence-electron chi connectivity index (χ3n) is 10.6. The number of allylic oxidation sites excluding steroid dienone is 6. The summed E-state index contributed by atoms with van der Waals surface area (Å²) in [5, 5.41) is 9.72. The molecule has 0 aliphatic rings. The van der Waals surface area contributed by atoms with Crippen LogP contribution in [0.2, 0.25) is 0 Å². The lowest BCUT2D eigenvalue weighted by Gasteiger charge is -2.21. The van der Waals surface area contributed by atoms with E-state index in [0.29, 0.717) is 19.3 Å². The monoisotopic (exact) mass is 899 g/mol. The van der Waals surface area contributed by atoms with Crippen LogP contribution in [0, 0.1) is 0 Å². The highest BCUT2D eigenvalue weighted by molar-refractivity contribution is 7.47. The number of carbonyl (C=O) groups excluding carboxylic acids is 3. The topological polar surface area (TPSA) is 155 Å². The molecular weight excluding hydrogens is 808 g/mol. The minimum Gasteiger partial charge on any atom is -0.462 e. The number of phosphoric acid groups is 1. The second-order valence-electron chi connectivity index (χ2n) is 16.6. The summed E-state index contributed by atoms with van der Waals surface area (Å²) in [5.41, 5.74) is 0. The Hall–Kier alpha value is -2.30. The number of hydrogen-bond donors (Lipinski definition) is 2. The van der Waals surface area contributed by atoms with E-state index in [0.717, 1.165) is 89.9 Å². The van der Waals surface area contributed by atoms with Gasteiger partial charge in [-0.2, -0.15) is 0 Å². The maximum Gasteiger partial charge on any atom is 0.472 e. The molecule has 0 saturated carbocycles. The lowest BCUT2D eigenvalue weighted by molar-refractivity contribution is -0.161. The van der Waals surface area contributed by atoms with Gasteiger partial charge >= 0.3 is 25.7 Å². The summed E-state index contributed by atoms with van der Waals surface area (Å²) >= 11 is 0. The molecule has 0 aromatic carbocycles. The minimum absolute atomic E-state index is 0.160. The molecule has 0 fully saturated rings. The van der Waals surface area contributed by atoms with Crippen molar-refractivity contribution in [3.63, 3.8) is 0 Å². The van der Waals surface area contributed by atoms with Crippen LogP contribution in [0.15, 0.2) is 36.5 Å². The maximum absolute atomic E-state index is 12.8. The average molecular weight is 899 g/mol. The van der Waals surface area contributed by atoms with E-state index in [1.807, 2.05) is 0 Å². The van der Waals surface area contributed by atoms with Crippen LogP contribution in [0.5, 0.6) is 0 Å². The molecule has 0 aliphatic heterocycles. The van der Waals surface area contributed by atoms with Gasteiger partial charge in [0.2, 0.25) is 0 Å². The van der Waals surface area contributed by atoms with Crippen molar-refractivity contribution in [3.05, 3.63) is 36.5 Å². The van der Waals surface area contributed by atoms with Gasteiger partial charge in [-0.15, -0.1) is 0 Å². The number of aliphatic hydroxyl groups excluding tert-OH is 1. The van der Waals surface area contributed by atoms with Crippen molar-refractivity contribution in [1.82, 2.24) is 0 Å². The highest BCUT2D eigenvalue weighted by atomic mass is 31.2. The number of unbranched alkanes of at least 4 members (excludes halogenated alkanes) is 23. The fraction of sp³-hybridized carbons (Fsp3) is 0.820. The fourth-order valence-electron chi connectivity index (χ4n) is 6.78. The highest BCUT2D eigenvalue weighted by Crippen LogP contribution is 2.43. The van der Waals surface area contributed by atoms with Gasteiger partial charge in [0.15, 0.2) is 6.10 Å². The molecule has 0 rings (SSSR count). The summed E-state index contributed by atoms with van der Waals surface area (Å²) < 4.78 is 39.2. The Morgan fingerprint density at radius 2 is 0.839 bits per heavy atom. The van der Waals surface area contributed by atoms with Crippen molar-refractivity contribution in [2.75, 3.05) is 26.4 Å². The van der Waals surface area contributed by atoms with Crippen molar-refractivity contribution in [1.29, 1.82) is 0 Å². The Morgan fingerprint density at radius 1 is 0.468 bits per heavy atom. The lowest BCUT2D eigenvalue weighted by atomic mass is 10.1. The molecule has 3 atom stereocenters. The van der Waals surface area contributed by atoms with Gasteiger partial charge < -0.3 is 24.2 Å². The quantitative estimate of drug-likeness (QED) is 0.0197. The number of carbonyl (C=O) groups is 3. The molecule has 0 aromatic heterocycles. The molecule has 11 nitrogen and oxygen atoms in total. The average Bonchev–Trinajstić information content (AvgIpc) is 3.25. The number of esters is 3. The summed E-state index contributed by atoms with van der Waals surface area (Å²) in [6.07, 6.45) is 42.7. The third kappa shape index (κ3) is 43.0. The van der Waals surface area contributed by atoms with E-state index in [1.165, 1.54) is 77.0 Å². The molecule has 62 heavy (non-hydrogen) atoms. The molecular formula is C50H91O11P. The normalized spacial score (nSPS) is 13.8. The van der Waals surface area contributed by atoms with E-state index in [4.69, 9.17) is 23.3 Å². The first-order valence-corrected chi connectivity index (χ1v) is 26.4. The highest BCUT2D eigenvalue weighted by Gasteiger charge is 2.28. The Bertz CT molecular complexity index is 1190. The number of ether oxygens (including phenoxy) is 3. The number of aliphatic hydroxyl groups is 1. The molecule has 12 heteroatoms. The van der Waals surface area contributed by atoms with Crippen molar-refractivity contribution in [2.24, 2.45) is 0 Å². The lowest BCUT2D eigenvalue weighted by Crippen LogP contribution is -2.30. The summed E-state index contributed by atoms with van der Waals surface area (Å²) in [5.74, 6) is -1.47. The van der Waals surface area contributed by atoms with Gasteiger partial charge in [-0.25, -0.2) is 4.57 Å². The molecule has 0 heterocycles. The Morgan fingerprint density at radius 3 is 1.29 bits per heavy atom. The van der Waals surface area contributed by atoms with Gasteiger partial charge in [-0.1, -0.05) is 192 Å². The van der Waals surface area contributed by atoms with Crippen molar-refractivity contribution in [2.45, 2.75) is 238 Å². The SMILES string of the molecule is CC/C=C\C/C=C\C/C=C\CCCCCCCCCC(=O)OC(COC(=O)CCCCCCCCCCC)COP(=O)(O)OCC(CO)OC(=O)CCCCCCCCCCC. The zero-order valence-electron chi connectivity index (χ0n) is 39.6. The van der Waals surface area contributed by atoms with Crippen molar-refractivity contribution < 1.29 is 52.2 Å². The molecule has 2 N–H and O–H groups in total. The summed E-state index contributed by atoms with van der Waals surface area (Å²) in [6.45, 7) is 4.47. The third-order valence-corrected chi connectivity index (χ3v) is 11.5. The fourth-order valence-corrected chi connectivity index (χ4v) is 7.57. The predicted octanol–water partition coefficient (Wildman–Crippen LogP) is 13.7.